The maximum absolute atomic E-state index is 12.4. The molecule has 2 aliphatic rings. The van der Waals surface area contributed by atoms with E-state index >= 15 is 0 Å². The number of carbonyl (C=O) groups is 1. The van der Waals surface area contributed by atoms with E-state index in [0.717, 1.165) is 0 Å². The van der Waals surface area contributed by atoms with E-state index in [0.29, 0.717) is 51.2 Å². The lowest BCUT2D eigenvalue weighted by Gasteiger charge is -2.18. The fourth-order valence-corrected chi connectivity index (χ4v) is 5.00. The van der Waals surface area contributed by atoms with Crippen molar-refractivity contribution < 1.29 is 29.3 Å². The third kappa shape index (κ3) is 5.36. The third-order valence-electron chi connectivity index (χ3n) is 6.72. The van der Waals surface area contributed by atoms with Gasteiger partial charge in [0, 0.05) is 34.3 Å². The number of benzene rings is 3. The molecule has 4 aromatic rings. The first kappa shape index (κ1) is 27.5. The van der Waals surface area contributed by atoms with Crippen molar-refractivity contribution in [3.8, 4) is 40.0 Å². The van der Waals surface area contributed by atoms with E-state index in [-0.39, 0.29) is 46.0 Å². The second kappa shape index (κ2) is 10.9. The molecule has 12 nitrogen and oxygen atoms in total. The van der Waals surface area contributed by atoms with Crippen LogP contribution in [0.2, 0.25) is 0 Å². The molecule has 0 atom stereocenters. The Morgan fingerprint density at radius 2 is 1.91 bits per heavy atom. The summed E-state index contributed by atoms with van der Waals surface area (Å²) >= 11 is 5.38. The van der Waals surface area contributed by atoms with Gasteiger partial charge in [0.1, 0.15) is 29.4 Å². The number of aryl methyl sites for hydroxylation is 1. The normalized spacial score (nSPS) is 11.2. The molecule has 6 rings (SSSR count). The summed E-state index contributed by atoms with van der Waals surface area (Å²) in [4.78, 5) is 32.8. The van der Waals surface area contributed by atoms with Gasteiger partial charge in [-0.1, -0.05) is 6.07 Å². The van der Waals surface area contributed by atoms with Gasteiger partial charge in [0.05, 0.1) is 24.5 Å². The van der Waals surface area contributed by atoms with Gasteiger partial charge in [-0.05, 0) is 61.1 Å². The number of carboxylic acid groups (broad SMARTS) is 1. The number of nitrogens with one attached hydrogen (secondary N) is 2. The van der Waals surface area contributed by atoms with Crippen LogP contribution >= 0.6 is 12.2 Å². The predicted octanol–water partition coefficient (Wildman–Crippen LogP) is 4.39. The Labute approximate surface area is 248 Å². The molecule has 1 aliphatic carbocycles. The largest absolute Gasteiger partial charge is 0.508 e. The Morgan fingerprint density at radius 1 is 1.09 bits per heavy atom. The number of nitrogens with zero attached hydrogens (tertiary/aromatic N) is 3. The average molecular weight is 598 g/mol. The number of hydrogen-bond acceptors (Lipinski definition) is 9. The molecule has 5 N–H and O–H groups in total. The fraction of sp³-hybridized carbons (Fsp3) is 0.100. The van der Waals surface area contributed by atoms with E-state index in [2.05, 4.69) is 20.6 Å². The number of aromatic carboxylic acids is 1. The van der Waals surface area contributed by atoms with Crippen LogP contribution in [0.15, 0.2) is 76.2 Å². The van der Waals surface area contributed by atoms with Gasteiger partial charge >= 0.3 is 5.97 Å². The average Bonchev–Trinajstić information content (AvgIpc) is 3.26. The summed E-state index contributed by atoms with van der Waals surface area (Å²) in [5, 5.41) is 37.0. The summed E-state index contributed by atoms with van der Waals surface area (Å²) in [6.45, 7) is 2.20. The number of carboxylic acids is 1. The Bertz CT molecular complexity index is 2090. The first-order valence-corrected chi connectivity index (χ1v) is 13.4. The van der Waals surface area contributed by atoms with Crippen LogP contribution in [0.1, 0.15) is 16.1 Å². The molecule has 2 aromatic heterocycles. The first-order valence-electron chi connectivity index (χ1n) is 13.0. The molecule has 2 aromatic carbocycles. The van der Waals surface area contributed by atoms with Crippen molar-refractivity contribution in [2.24, 2.45) is 0 Å². The monoisotopic (exact) mass is 597 g/mol. The van der Waals surface area contributed by atoms with Crippen LogP contribution in [0.5, 0.6) is 17.5 Å². The highest BCUT2D eigenvalue weighted by Crippen LogP contribution is 2.42. The van der Waals surface area contributed by atoms with E-state index in [4.69, 9.17) is 21.4 Å². The summed E-state index contributed by atoms with van der Waals surface area (Å²) < 4.78 is 13.0. The molecule has 0 radical (unpaired) electrons. The molecule has 43 heavy (non-hydrogen) atoms. The highest BCUT2D eigenvalue weighted by molar-refractivity contribution is 7.80. The van der Waals surface area contributed by atoms with Crippen molar-refractivity contribution in [1.29, 1.82) is 0 Å². The number of phenols is 1. The van der Waals surface area contributed by atoms with E-state index in [9.17, 15) is 24.9 Å². The van der Waals surface area contributed by atoms with Gasteiger partial charge in [-0.15, -0.1) is 0 Å². The van der Waals surface area contributed by atoms with Gasteiger partial charge in [-0.3, -0.25) is 9.20 Å². The molecule has 0 unspecified atom stereocenters. The standard InChI is InChI=1S/C30H23N5O7S/c1-15-28(38)35-14-26(32-13-25(35)33-15)41-9-8-31-30(43)34-16-2-5-19(22(10-16)29(39)40)27-20-6-3-17(36)11-23(20)42-24-12-18(37)4-7-21(24)27/h2-7,10-14,36,38H,8-9H2,1H3,(H,39,40)(H2,31,34,43). The highest BCUT2D eigenvalue weighted by atomic mass is 32.1. The number of rotatable bonds is 7. The first-order chi connectivity index (χ1) is 20.7. The lowest BCUT2D eigenvalue weighted by atomic mass is 9.90. The Kier molecular flexibility index (Phi) is 7.00. The van der Waals surface area contributed by atoms with Crippen molar-refractivity contribution in [3.05, 3.63) is 88.5 Å². The van der Waals surface area contributed by atoms with E-state index in [1.165, 1.54) is 47.1 Å². The lowest BCUT2D eigenvalue weighted by Crippen LogP contribution is -2.32. The Morgan fingerprint density at radius 3 is 2.72 bits per heavy atom. The van der Waals surface area contributed by atoms with Crippen molar-refractivity contribution in [3.63, 3.8) is 0 Å². The second-order valence-corrected chi connectivity index (χ2v) is 9.99. The minimum absolute atomic E-state index is 0.0105. The molecule has 0 saturated heterocycles. The summed E-state index contributed by atoms with van der Waals surface area (Å²) in [6.07, 6.45) is 3.03. The number of fused-ring (bicyclic) bond motifs is 3. The number of ether oxygens (including phenoxy) is 1. The van der Waals surface area contributed by atoms with Crippen molar-refractivity contribution in [2.45, 2.75) is 6.92 Å². The van der Waals surface area contributed by atoms with Gasteiger partial charge in [0.25, 0.3) is 0 Å². The van der Waals surface area contributed by atoms with Crippen molar-refractivity contribution in [1.82, 2.24) is 19.7 Å². The number of imidazole rings is 1. The van der Waals surface area contributed by atoms with E-state index in [1.807, 2.05) is 0 Å². The third-order valence-corrected chi connectivity index (χ3v) is 6.97. The summed E-state index contributed by atoms with van der Waals surface area (Å²) in [7, 11) is 0. The smallest absolute Gasteiger partial charge is 0.336 e. The summed E-state index contributed by atoms with van der Waals surface area (Å²) in [6, 6.07) is 13.6. The van der Waals surface area contributed by atoms with Crippen molar-refractivity contribution in [2.75, 3.05) is 18.5 Å². The van der Waals surface area contributed by atoms with Crippen LogP contribution in [0.25, 0.3) is 39.1 Å². The molecule has 0 fully saturated rings. The lowest BCUT2D eigenvalue weighted by molar-refractivity contribution is 0.0697. The van der Waals surface area contributed by atoms with Gasteiger partial charge in [-0.2, -0.15) is 0 Å². The number of hydrogen-bond donors (Lipinski definition) is 5. The molecule has 1 aliphatic heterocycles. The fourth-order valence-electron chi connectivity index (χ4n) is 4.78. The zero-order chi connectivity index (χ0) is 30.2. The number of aromatic nitrogens is 3. The minimum atomic E-state index is -1.17. The quantitative estimate of drug-likeness (QED) is 0.100. The number of anilines is 1. The van der Waals surface area contributed by atoms with Crippen LogP contribution in [0, 0.1) is 6.92 Å². The molecule has 0 saturated carbocycles. The van der Waals surface area contributed by atoms with Gasteiger partial charge in [-0.25, -0.2) is 14.8 Å². The Hall–Kier alpha value is -5.69. The van der Waals surface area contributed by atoms with Crippen molar-refractivity contribution >= 4 is 45.6 Å². The van der Waals surface area contributed by atoms with Gasteiger partial charge in [0.2, 0.25) is 11.8 Å². The van der Waals surface area contributed by atoms with Gasteiger partial charge < -0.3 is 35.1 Å². The molecular formula is C30H23N5O7S. The molecule has 3 heterocycles. The zero-order valence-electron chi connectivity index (χ0n) is 22.5. The highest BCUT2D eigenvalue weighted by Gasteiger charge is 2.22. The molecular weight excluding hydrogens is 574 g/mol. The maximum Gasteiger partial charge on any atom is 0.336 e. The molecule has 0 bridgehead atoms. The van der Waals surface area contributed by atoms with E-state index < -0.39 is 5.97 Å². The van der Waals surface area contributed by atoms with Crippen LogP contribution in [-0.4, -0.2) is 53.9 Å². The maximum atomic E-state index is 12.4. The van der Waals surface area contributed by atoms with E-state index in [1.54, 1.807) is 31.2 Å². The van der Waals surface area contributed by atoms with Crippen LogP contribution in [-0.2, 0) is 0 Å². The molecule has 216 valence electrons. The number of phenolic OH excluding ortho intramolecular Hbond substituents is 1. The van der Waals surface area contributed by atoms with Crippen LogP contribution in [0.4, 0.5) is 5.69 Å². The van der Waals surface area contributed by atoms with Crippen LogP contribution < -0.4 is 20.8 Å². The summed E-state index contributed by atoms with van der Waals surface area (Å²) in [5.74, 6) is -0.640. The zero-order valence-corrected chi connectivity index (χ0v) is 23.3. The Balaban J connectivity index is 1.20. The SMILES string of the molecule is Cc1nc2cnc(OCCNC(=S)Nc3ccc(-c4c5ccc(=O)cc-5oc5cc(O)ccc45)c(C(=O)O)c3)cn2c1O. The summed E-state index contributed by atoms with van der Waals surface area (Å²) in [5.41, 5.74) is 2.92. The molecule has 13 heteroatoms. The van der Waals surface area contributed by atoms with Crippen LogP contribution in [0.3, 0.4) is 0 Å². The predicted molar refractivity (Wildman–Crippen MR) is 162 cm³/mol. The van der Waals surface area contributed by atoms with Gasteiger partial charge in [0.15, 0.2) is 16.2 Å². The molecule has 0 amide bonds. The molecule has 0 spiro atoms. The number of aromatic hydroxyl groups is 2. The second-order valence-electron chi connectivity index (χ2n) is 9.58. The minimum Gasteiger partial charge on any atom is -0.508 e. The topological polar surface area (TPSA) is 171 Å². The number of thiocarbonyl (C=S) groups is 1.